The van der Waals surface area contributed by atoms with E-state index in [4.69, 9.17) is 15.7 Å². The molecule has 2 aliphatic rings. The van der Waals surface area contributed by atoms with E-state index in [1.54, 1.807) is 0 Å². The van der Waals surface area contributed by atoms with Crippen LogP contribution in [-0.4, -0.2) is 94.4 Å². The molecule has 11 heteroatoms. The van der Waals surface area contributed by atoms with Gasteiger partial charge in [0.15, 0.2) is 5.82 Å². The number of benzene rings is 2. The molecule has 10 nitrogen and oxygen atoms in total. The number of piperazine rings is 1. The van der Waals surface area contributed by atoms with Gasteiger partial charge in [-0.2, -0.15) is 10.1 Å². The van der Waals surface area contributed by atoms with E-state index in [0.717, 1.165) is 68.7 Å². The van der Waals surface area contributed by atoms with Crippen LogP contribution in [0, 0.1) is 6.92 Å². The molecule has 4 aromatic rings. The molecule has 0 saturated carbocycles. The molecule has 0 spiro atoms. The van der Waals surface area contributed by atoms with Crippen molar-refractivity contribution in [2.24, 2.45) is 7.05 Å². The fourth-order valence-electron chi connectivity index (χ4n) is 6.24. The largest absolute Gasteiger partial charge is 0.382 e. The first-order valence-corrected chi connectivity index (χ1v) is 14.6. The van der Waals surface area contributed by atoms with Crippen LogP contribution in [0.15, 0.2) is 36.9 Å². The minimum Gasteiger partial charge on any atom is -0.382 e. The number of aryl methyl sites for hydroxylation is 2. The lowest BCUT2D eigenvalue weighted by atomic mass is 9.95. The maximum atomic E-state index is 12.4. The lowest BCUT2D eigenvalue weighted by Crippen LogP contribution is -2.58. The van der Waals surface area contributed by atoms with Gasteiger partial charge in [0.25, 0.3) is 0 Å². The molecule has 2 saturated heterocycles. The summed E-state index contributed by atoms with van der Waals surface area (Å²) in [5.74, 6) is 2.13. The molecular formula is C30H38N9OP. The molecule has 0 radical (unpaired) electrons. The molecule has 1 amide bonds. The van der Waals surface area contributed by atoms with Crippen molar-refractivity contribution in [1.82, 2.24) is 29.5 Å². The summed E-state index contributed by atoms with van der Waals surface area (Å²) in [6, 6.07) is 8.92. The summed E-state index contributed by atoms with van der Waals surface area (Å²) in [5.41, 5.74) is 11.6. The van der Waals surface area contributed by atoms with Crippen molar-refractivity contribution in [3.05, 3.63) is 42.5 Å². The average Bonchev–Trinajstić information content (AvgIpc) is 3.20. The van der Waals surface area contributed by atoms with Crippen LogP contribution in [0.5, 0.6) is 0 Å². The van der Waals surface area contributed by atoms with E-state index in [0.29, 0.717) is 31.5 Å². The number of nitrogens with two attached hydrogens (primary N) is 1. The van der Waals surface area contributed by atoms with Crippen LogP contribution in [-0.2, 0) is 11.8 Å². The molecular weight excluding hydrogens is 533 g/mol. The molecule has 1 unspecified atom stereocenters. The third-order valence-electron chi connectivity index (χ3n) is 8.63. The maximum absolute atomic E-state index is 12.4. The van der Waals surface area contributed by atoms with Gasteiger partial charge in [0.2, 0.25) is 11.9 Å². The quantitative estimate of drug-likeness (QED) is 0.288. The first-order chi connectivity index (χ1) is 19.6. The van der Waals surface area contributed by atoms with Crippen LogP contribution in [0.3, 0.4) is 0 Å². The number of fused-ring (bicyclic) bond motifs is 2. The van der Waals surface area contributed by atoms with E-state index in [9.17, 15) is 4.79 Å². The van der Waals surface area contributed by atoms with E-state index < -0.39 is 0 Å². The topological polar surface area (TPSA) is 99.7 Å². The Labute approximate surface area is 243 Å². The SMILES string of the molecule is C=CC(=O)N1CCN(c2nc(N3CC(N(C)C)C3)nc3c(P)c(-c4cccc5c4c(N)nn5C)c(C)cc23)C[C@H]1C. The lowest BCUT2D eigenvalue weighted by molar-refractivity contribution is -0.128. The molecule has 214 valence electrons. The summed E-state index contributed by atoms with van der Waals surface area (Å²) in [7, 11) is 9.11. The zero-order valence-corrected chi connectivity index (χ0v) is 25.6. The highest BCUT2D eigenvalue weighted by Crippen LogP contribution is 2.38. The molecule has 2 aliphatic heterocycles. The number of hydrogen-bond acceptors (Lipinski definition) is 8. The third-order valence-corrected chi connectivity index (χ3v) is 9.19. The Morgan fingerprint density at radius 2 is 1.93 bits per heavy atom. The van der Waals surface area contributed by atoms with Crippen molar-refractivity contribution >= 4 is 59.8 Å². The average molecular weight is 572 g/mol. The number of carbonyl (C=O) groups excluding carboxylic acids is 1. The van der Waals surface area contributed by atoms with Crippen LogP contribution < -0.4 is 20.8 Å². The number of carbonyl (C=O) groups is 1. The number of likely N-dealkylation sites (N-methyl/N-ethyl adjacent to an activating group) is 1. The van der Waals surface area contributed by atoms with E-state index in [-0.39, 0.29) is 11.9 Å². The summed E-state index contributed by atoms with van der Waals surface area (Å²) in [6.45, 7) is 11.6. The molecule has 41 heavy (non-hydrogen) atoms. The summed E-state index contributed by atoms with van der Waals surface area (Å²) in [6.07, 6.45) is 1.40. The number of amides is 1. The minimum atomic E-state index is -0.0303. The standard InChI is InChI=1S/C30H38N9OP/c1-7-23(40)39-12-11-37(14-18(39)3)29-21-13-17(2)24(20-9-8-10-22-25(20)28(31)34-36(22)6)27(41)26(21)32-30(33-29)38-15-19(16-38)35(4)5/h7-10,13,18-19H,1,11-12,14-16,41H2,2-6H3,(H2,31,34)/t18-/m1/s1. The molecule has 2 aromatic carbocycles. The van der Waals surface area contributed by atoms with Crippen molar-refractivity contribution in [2.75, 3.05) is 62.4 Å². The van der Waals surface area contributed by atoms with Crippen LogP contribution in [0.4, 0.5) is 17.6 Å². The summed E-state index contributed by atoms with van der Waals surface area (Å²) < 4.78 is 1.83. The number of anilines is 3. The van der Waals surface area contributed by atoms with Crippen molar-refractivity contribution in [1.29, 1.82) is 0 Å². The summed E-state index contributed by atoms with van der Waals surface area (Å²) >= 11 is 0. The highest BCUT2D eigenvalue weighted by atomic mass is 31.0. The van der Waals surface area contributed by atoms with Gasteiger partial charge in [0, 0.05) is 62.5 Å². The Hall–Kier alpha value is -3.75. The smallest absolute Gasteiger partial charge is 0.246 e. The van der Waals surface area contributed by atoms with Crippen molar-refractivity contribution < 1.29 is 4.79 Å². The van der Waals surface area contributed by atoms with Gasteiger partial charge in [-0.15, -0.1) is 9.24 Å². The fraction of sp³-hybridized carbons (Fsp3) is 0.400. The Morgan fingerprint density at radius 1 is 1.17 bits per heavy atom. The van der Waals surface area contributed by atoms with Gasteiger partial charge >= 0.3 is 0 Å². The van der Waals surface area contributed by atoms with E-state index in [1.807, 2.05) is 22.7 Å². The Balaban J connectivity index is 1.52. The molecule has 2 N–H and O–H groups in total. The van der Waals surface area contributed by atoms with Gasteiger partial charge in [-0.05, 0) is 62.8 Å². The molecule has 6 rings (SSSR count). The Morgan fingerprint density at radius 3 is 2.61 bits per heavy atom. The van der Waals surface area contributed by atoms with Crippen molar-refractivity contribution in [2.45, 2.75) is 25.9 Å². The van der Waals surface area contributed by atoms with Gasteiger partial charge in [0.1, 0.15) is 5.82 Å². The van der Waals surface area contributed by atoms with Crippen LogP contribution in [0.25, 0.3) is 32.9 Å². The van der Waals surface area contributed by atoms with Crippen LogP contribution in [0.2, 0.25) is 0 Å². The second kappa shape index (κ2) is 10.3. The first kappa shape index (κ1) is 27.4. The van der Waals surface area contributed by atoms with Gasteiger partial charge in [0.05, 0.1) is 16.4 Å². The predicted molar refractivity (Wildman–Crippen MR) is 171 cm³/mol. The second-order valence-corrected chi connectivity index (χ2v) is 12.1. The molecule has 0 aliphatic carbocycles. The minimum absolute atomic E-state index is 0.0303. The van der Waals surface area contributed by atoms with Gasteiger partial charge in [-0.3, -0.25) is 9.48 Å². The normalized spacial score (nSPS) is 18.0. The predicted octanol–water partition coefficient (Wildman–Crippen LogP) is 2.55. The van der Waals surface area contributed by atoms with Crippen molar-refractivity contribution in [3.8, 4) is 11.1 Å². The Bertz CT molecular complexity index is 1690. The first-order valence-electron chi connectivity index (χ1n) is 14.0. The Kier molecular flexibility index (Phi) is 6.86. The molecule has 4 heterocycles. The zero-order valence-electron chi connectivity index (χ0n) is 24.4. The molecule has 2 aromatic heterocycles. The van der Waals surface area contributed by atoms with Crippen LogP contribution in [0.1, 0.15) is 12.5 Å². The maximum Gasteiger partial charge on any atom is 0.246 e. The lowest BCUT2D eigenvalue weighted by Gasteiger charge is -2.44. The van der Waals surface area contributed by atoms with Crippen LogP contribution >= 0.6 is 9.24 Å². The van der Waals surface area contributed by atoms with Gasteiger partial charge in [-0.1, -0.05) is 18.7 Å². The fourth-order valence-corrected chi connectivity index (χ4v) is 6.84. The zero-order chi connectivity index (χ0) is 29.2. The molecule has 2 fully saturated rings. The highest BCUT2D eigenvalue weighted by molar-refractivity contribution is 7.29. The van der Waals surface area contributed by atoms with Gasteiger partial charge < -0.3 is 25.3 Å². The summed E-state index contributed by atoms with van der Waals surface area (Å²) in [5, 5.41) is 7.46. The van der Waals surface area contributed by atoms with E-state index in [1.165, 1.54) is 6.08 Å². The number of rotatable bonds is 5. The number of nitrogens with zero attached hydrogens (tertiary/aromatic N) is 8. The summed E-state index contributed by atoms with van der Waals surface area (Å²) in [4.78, 5) is 31.5. The van der Waals surface area contributed by atoms with Crippen molar-refractivity contribution in [3.63, 3.8) is 0 Å². The third kappa shape index (κ3) is 4.50. The number of hydrogen-bond donors (Lipinski definition) is 1. The van der Waals surface area contributed by atoms with Gasteiger partial charge in [-0.25, -0.2) is 4.98 Å². The monoisotopic (exact) mass is 571 g/mol. The number of aromatic nitrogens is 4. The second-order valence-electron chi connectivity index (χ2n) is 11.5. The number of nitrogen functional groups attached to an aromatic ring is 1. The molecule has 0 bridgehead atoms. The van der Waals surface area contributed by atoms with E-state index in [2.05, 4.69) is 81.8 Å². The molecule has 2 atom stereocenters. The highest BCUT2D eigenvalue weighted by Gasteiger charge is 2.33. The van der Waals surface area contributed by atoms with E-state index >= 15 is 0 Å².